The molecule has 8 nitrogen and oxygen atoms in total. The summed E-state index contributed by atoms with van der Waals surface area (Å²) in [4.78, 5) is 13.6. The number of hydrogen-bond acceptors (Lipinski definition) is 6. The lowest BCUT2D eigenvalue weighted by Crippen LogP contribution is -2.16. The summed E-state index contributed by atoms with van der Waals surface area (Å²) in [5.41, 5.74) is -0.256. The van der Waals surface area contributed by atoms with Crippen LogP contribution in [0.15, 0.2) is 0 Å². The van der Waals surface area contributed by atoms with Gasteiger partial charge in [0.05, 0.1) is 0 Å². The second-order valence-electron chi connectivity index (χ2n) is 3.66. The van der Waals surface area contributed by atoms with Crippen molar-refractivity contribution in [1.82, 2.24) is 9.55 Å². The third-order valence-corrected chi connectivity index (χ3v) is 4.79. The first-order valence-electron chi connectivity index (χ1n) is 5.08. The molecule has 1 aromatic rings. The van der Waals surface area contributed by atoms with Gasteiger partial charge in [0.2, 0.25) is 11.5 Å². The molecule has 0 bridgehead atoms. The van der Waals surface area contributed by atoms with Crippen molar-refractivity contribution in [3.63, 3.8) is 0 Å². The van der Waals surface area contributed by atoms with Gasteiger partial charge in [-0.1, -0.05) is 6.92 Å². The minimum Gasteiger partial charge on any atom is -0.358 e. The highest BCUT2D eigenvalue weighted by Crippen LogP contribution is 2.26. The Balaban J connectivity index is 3.46. The molecule has 9 heteroatoms. The van der Waals surface area contributed by atoms with E-state index in [1.807, 2.05) is 0 Å². The summed E-state index contributed by atoms with van der Waals surface area (Å²) in [6.07, 6.45) is 0. The largest absolute Gasteiger partial charge is 0.400 e. The molecule has 0 aliphatic heterocycles. The molecule has 98 valence electrons. The van der Waals surface area contributed by atoms with E-state index in [0.29, 0.717) is 0 Å². The molecule has 18 heavy (non-hydrogen) atoms. The molecule has 0 aliphatic carbocycles. The van der Waals surface area contributed by atoms with Crippen molar-refractivity contribution in [1.29, 1.82) is 5.26 Å². The van der Waals surface area contributed by atoms with Crippen molar-refractivity contribution in [2.45, 2.75) is 19.1 Å². The average Bonchev–Trinajstić information content (AvgIpc) is 2.65. The minimum atomic E-state index is -3.43. The number of nitrogens with zero attached hydrogens (tertiary/aromatic N) is 4. The molecular weight excluding hydrogens is 260 g/mol. The first kappa shape index (κ1) is 14.1. The van der Waals surface area contributed by atoms with Crippen molar-refractivity contribution in [3.8, 4) is 6.07 Å². The fraction of sp³-hybridized carbons (Fsp3) is 0.556. The van der Waals surface area contributed by atoms with Gasteiger partial charge in [-0.2, -0.15) is 5.26 Å². The number of aromatic nitrogens is 2. The molecule has 0 amide bonds. The Morgan fingerprint density at radius 2 is 2.17 bits per heavy atom. The molecular formula is C9H12N4O4S. The lowest BCUT2D eigenvalue weighted by Gasteiger charge is -2.07. The number of nitriles is 1. The minimum absolute atomic E-state index is 0.0000926. The molecule has 1 heterocycles. The highest BCUT2D eigenvalue weighted by molar-refractivity contribution is 7.91. The van der Waals surface area contributed by atoms with Crippen LogP contribution >= 0.6 is 0 Å². The predicted molar refractivity (Wildman–Crippen MR) is 62.5 cm³/mol. The number of rotatable bonds is 4. The molecule has 1 atom stereocenters. The topological polar surface area (TPSA) is 119 Å². The van der Waals surface area contributed by atoms with Crippen molar-refractivity contribution in [2.75, 3.05) is 5.75 Å². The van der Waals surface area contributed by atoms with Crippen molar-refractivity contribution in [3.05, 3.63) is 21.6 Å². The molecule has 0 radical (unpaired) electrons. The number of imidazole rings is 1. The Kier molecular flexibility index (Phi) is 3.71. The quantitative estimate of drug-likeness (QED) is 0.587. The summed E-state index contributed by atoms with van der Waals surface area (Å²) in [5.74, 6) is -0.718. The fourth-order valence-corrected chi connectivity index (χ4v) is 2.56. The SMILES string of the molecule is CCS(=O)(=O)C(C)c1nc([N+](=O)[O-])c(C#N)n1C. The van der Waals surface area contributed by atoms with Crippen LogP contribution in [-0.4, -0.2) is 28.6 Å². The Morgan fingerprint density at radius 1 is 1.61 bits per heavy atom. The maximum atomic E-state index is 11.7. The van der Waals surface area contributed by atoms with E-state index < -0.39 is 25.8 Å². The summed E-state index contributed by atoms with van der Waals surface area (Å²) in [6.45, 7) is 2.88. The maximum absolute atomic E-state index is 11.7. The van der Waals surface area contributed by atoms with E-state index in [1.165, 1.54) is 20.9 Å². The zero-order chi connectivity index (χ0) is 14.1. The molecule has 0 N–H and O–H groups in total. The fourth-order valence-electron chi connectivity index (χ4n) is 1.53. The summed E-state index contributed by atoms with van der Waals surface area (Å²) < 4.78 is 24.6. The lowest BCUT2D eigenvalue weighted by molar-refractivity contribution is -0.389. The van der Waals surface area contributed by atoms with E-state index in [0.717, 1.165) is 4.57 Å². The smallest absolute Gasteiger partial charge is 0.358 e. The third-order valence-electron chi connectivity index (χ3n) is 2.69. The van der Waals surface area contributed by atoms with Gasteiger partial charge in [-0.05, 0) is 16.8 Å². The van der Waals surface area contributed by atoms with Gasteiger partial charge in [-0.3, -0.25) is 4.57 Å². The zero-order valence-corrected chi connectivity index (χ0v) is 10.9. The van der Waals surface area contributed by atoms with E-state index >= 15 is 0 Å². The highest BCUT2D eigenvalue weighted by atomic mass is 32.2. The van der Waals surface area contributed by atoms with Crippen LogP contribution in [-0.2, 0) is 16.9 Å². The molecule has 1 aromatic heterocycles. The molecule has 0 spiro atoms. The van der Waals surface area contributed by atoms with Crippen LogP contribution < -0.4 is 0 Å². The van der Waals surface area contributed by atoms with Gasteiger partial charge in [0.25, 0.3) is 0 Å². The summed E-state index contributed by atoms with van der Waals surface area (Å²) >= 11 is 0. The summed E-state index contributed by atoms with van der Waals surface area (Å²) in [7, 11) is -2.04. The van der Waals surface area contributed by atoms with Crippen LogP contribution in [0.3, 0.4) is 0 Å². The molecule has 0 saturated carbocycles. The van der Waals surface area contributed by atoms with E-state index in [1.54, 1.807) is 6.07 Å². The highest BCUT2D eigenvalue weighted by Gasteiger charge is 2.34. The number of hydrogen-bond donors (Lipinski definition) is 0. The van der Waals surface area contributed by atoms with Gasteiger partial charge in [-0.25, -0.2) is 8.42 Å². The number of sulfone groups is 1. The Bertz CT molecular complexity index is 626. The van der Waals surface area contributed by atoms with Crippen LogP contribution in [0.25, 0.3) is 0 Å². The Hall–Kier alpha value is -1.95. The third kappa shape index (κ3) is 2.19. The van der Waals surface area contributed by atoms with Crippen molar-refractivity contribution in [2.24, 2.45) is 7.05 Å². The first-order chi connectivity index (χ1) is 8.26. The second-order valence-corrected chi connectivity index (χ2v) is 6.27. The van der Waals surface area contributed by atoms with E-state index in [-0.39, 0.29) is 17.3 Å². The maximum Gasteiger partial charge on any atom is 0.400 e. The standard InChI is InChI=1S/C9H12N4O4S/c1-4-18(16,17)6(2)8-11-9(13(14)15)7(5-10)12(8)3/h6H,4H2,1-3H3. The lowest BCUT2D eigenvalue weighted by atomic mass is 10.4. The van der Waals surface area contributed by atoms with Gasteiger partial charge in [0.1, 0.15) is 11.3 Å². The predicted octanol–water partition coefficient (Wildman–Crippen LogP) is 0.696. The molecule has 0 saturated heterocycles. The van der Waals surface area contributed by atoms with Gasteiger partial charge in [-0.15, -0.1) is 0 Å². The molecule has 0 fully saturated rings. The van der Waals surface area contributed by atoms with Crippen LogP contribution in [0.2, 0.25) is 0 Å². The van der Waals surface area contributed by atoms with Crippen LogP contribution in [0, 0.1) is 21.4 Å². The average molecular weight is 272 g/mol. The van der Waals surface area contributed by atoms with Crippen LogP contribution in [0.5, 0.6) is 0 Å². The second kappa shape index (κ2) is 4.73. The molecule has 0 aromatic carbocycles. The number of nitro groups is 1. The van der Waals surface area contributed by atoms with E-state index in [9.17, 15) is 18.5 Å². The Morgan fingerprint density at radius 3 is 2.50 bits per heavy atom. The van der Waals surface area contributed by atoms with Crippen molar-refractivity contribution >= 4 is 15.7 Å². The van der Waals surface area contributed by atoms with E-state index in [4.69, 9.17) is 5.26 Å². The first-order valence-corrected chi connectivity index (χ1v) is 6.80. The zero-order valence-electron chi connectivity index (χ0n) is 10.1. The van der Waals surface area contributed by atoms with Crippen molar-refractivity contribution < 1.29 is 13.3 Å². The van der Waals surface area contributed by atoms with Gasteiger partial charge in [0.15, 0.2) is 9.84 Å². The molecule has 0 aliphatic rings. The van der Waals surface area contributed by atoms with Gasteiger partial charge >= 0.3 is 5.82 Å². The Labute approximate surface area is 104 Å². The molecule has 1 rings (SSSR count). The van der Waals surface area contributed by atoms with Gasteiger partial charge in [0, 0.05) is 12.8 Å². The summed E-state index contributed by atoms with van der Waals surface area (Å²) in [5, 5.41) is 18.6. The van der Waals surface area contributed by atoms with Crippen LogP contribution in [0.1, 0.15) is 30.6 Å². The van der Waals surface area contributed by atoms with E-state index in [2.05, 4.69) is 4.98 Å². The van der Waals surface area contributed by atoms with Gasteiger partial charge < -0.3 is 10.1 Å². The normalized spacial score (nSPS) is 13.0. The monoisotopic (exact) mass is 272 g/mol. The van der Waals surface area contributed by atoms with Crippen LogP contribution in [0.4, 0.5) is 5.82 Å². The summed E-state index contributed by atoms with van der Waals surface area (Å²) in [6, 6.07) is 1.65. The molecule has 1 unspecified atom stereocenters.